The summed E-state index contributed by atoms with van der Waals surface area (Å²) >= 11 is 9.34. The van der Waals surface area contributed by atoms with Crippen LogP contribution in [-0.4, -0.2) is 17.9 Å². The zero-order valence-electron chi connectivity index (χ0n) is 11.4. The van der Waals surface area contributed by atoms with E-state index in [2.05, 4.69) is 15.9 Å². The molecule has 0 atom stereocenters. The van der Waals surface area contributed by atoms with Gasteiger partial charge in [0.2, 0.25) is 0 Å². The van der Waals surface area contributed by atoms with Crippen LogP contribution >= 0.6 is 27.5 Å². The number of aryl methyl sites for hydroxylation is 1. The number of hydrogen-bond donors (Lipinski definition) is 0. The second kappa shape index (κ2) is 6.42. The summed E-state index contributed by atoms with van der Waals surface area (Å²) in [4.78, 5) is 14.2. The predicted molar refractivity (Wildman–Crippen MR) is 86.1 cm³/mol. The Hall–Kier alpha value is -1.32. The van der Waals surface area contributed by atoms with Crippen molar-refractivity contribution in [3.05, 3.63) is 68.7 Å². The summed E-state index contributed by atoms with van der Waals surface area (Å²) in [5.74, 6) is -0.00414. The Balaban J connectivity index is 2.16. The minimum absolute atomic E-state index is 0.00414. The molecule has 1 amide bonds. The molecule has 0 radical (unpaired) electrons. The number of rotatable bonds is 3. The Kier molecular flexibility index (Phi) is 4.84. The lowest BCUT2D eigenvalue weighted by Crippen LogP contribution is -2.26. The largest absolute Gasteiger partial charge is 0.337 e. The van der Waals surface area contributed by atoms with E-state index in [1.807, 2.05) is 49.4 Å². The third kappa shape index (κ3) is 3.41. The molecule has 0 bridgehead atoms. The molecule has 0 fully saturated rings. The normalized spacial score (nSPS) is 10.4. The topological polar surface area (TPSA) is 20.3 Å². The summed E-state index contributed by atoms with van der Waals surface area (Å²) < 4.78 is 0.855. The van der Waals surface area contributed by atoms with E-state index in [-0.39, 0.29) is 5.91 Å². The summed E-state index contributed by atoms with van der Waals surface area (Å²) in [6, 6.07) is 13.2. The van der Waals surface area contributed by atoms with Gasteiger partial charge in [-0.15, -0.1) is 0 Å². The Labute approximate surface area is 132 Å². The first kappa shape index (κ1) is 15.1. The van der Waals surface area contributed by atoms with Crippen LogP contribution in [-0.2, 0) is 6.54 Å². The first-order valence-electron chi connectivity index (χ1n) is 6.24. The van der Waals surface area contributed by atoms with Crippen molar-refractivity contribution in [2.24, 2.45) is 0 Å². The molecule has 104 valence electrons. The monoisotopic (exact) mass is 351 g/mol. The molecule has 2 aromatic carbocycles. The number of nitrogens with zero attached hydrogens (tertiary/aromatic N) is 1. The number of amides is 1. The fourth-order valence-corrected chi connectivity index (χ4v) is 2.51. The summed E-state index contributed by atoms with van der Waals surface area (Å²) in [7, 11) is 1.80. The van der Waals surface area contributed by atoms with Gasteiger partial charge in [0.15, 0.2) is 0 Å². The second-order valence-corrected chi connectivity index (χ2v) is 5.95. The van der Waals surface area contributed by atoms with Crippen molar-refractivity contribution in [1.29, 1.82) is 0 Å². The predicted octanol–water partition coefficient (Wildman–Crippen LogP) is 4.68. The number of halogens is 2. The zero-order chi connectivity index (χ0) is 14.7. The first-order valence-corrected chi connectivity index (χ1v) is 7.41. The molecular weight excluding hydrogens is 338 g/mol. The van der Waals surface area contributed by atoms with Crippen molar-refractivity contribution >= 4 is 33.4 Å². The molecule has 2 rings (SSSR count). The van der Waals surface area contributed by atoms with Crippen molar-refractivity contribution in [2.75, 3.05) is 7.05 Å². The lowest BCUT2D eigenvalue weighted by atomic mass is 10.1. The van der Waals surface area contributed by atoms with Gasteiger partial charge in [0.1, 0.15) is 0 Å². The SMILES string of the molecule is Cc1cccc(C(=O)N(C)Cc2ccc(Cl)cc2)c1Br. The van der Waals surface area contributed by atoms with Gasteiger partial charge in [-0.05, 0) is 52.2 Å². The zero-order valence-corrected chi connectivity index (χ0v) is 13.7. The molecule has 0 saturated carbocycles. The van der Waals surface area contributed by atoms with Crippen LogP contribution in [0, 0.1) is 6.92 Å². The summed E-state index contributed by atoms with van der Waals surface area (Å²) in [5.41, 5.74) is 2.78. The fraction of sp³-hybridized carbons (Fsp3) is 0.188. The molecule has 0 N–H and O–H groups in total. The smallest absolute Gasteiger partial charge is 0.255 e. The third-order valence-corrected chi connectivity index (χ3v) is 4.41. The van der Waals surface area contributed by atoms with E-state index in [1.54, 1.807) is 11.9 Å². The Morgan fingerprint density at radius 1 is 1.20 bits per heavy atom. The number of benzene rings is 2. The molecule has 0 heterocycles. The van der Waals surface area contributed by atoms with Crippen molar-refractivity contribution in [1.82, 2.24) is 4.90 Å². The summed E-state index contributed by atoms with van der Waals surface area (Å²) in [6.07, 6.45) is 0. The molecule has 20 heavy (non-hydrogen) atoms. The number of carbonyl (C=O) groups excluding carboxylic acids is 1. The lowest BCUT2D eigenvalue weighted by Gasteiger charge is -2.18. The minimum Gasteiger partial charge on any atom is -0.337 e. The Morgan fingerprint density at radius 2 is 1.85 bits per heavy atom. The van der Waals surface area contributed by atoms with E-state index in [9.17, 15) is 4.79 Å². The molecule has 2 nitrogen and oxygen atoms in total. The number of hydrogen-bond acceptors (Lipinski definition) is 1. The first-order chi connectivity index (χ1) is 9.49. The highest BCUT2D eigenvalue weighted by Gasteiger charge is 2.15. The van der Waals surface area contributed by atoms with Crippen molar-refractivity contribution in [3.63, 3.8) is 0 Å². The molecule has 0 unspecified atom stereocenters. The van der Waals surface area contributed by atoms with Crippen LogP contribution in [0.4, 0.5) is 0 Å². The number of carbonyl (C=O) groups is 1. The average molecular weight is 353 g/mol. The van der Waals surface area contributed by atoms with Gasteiger partial charge in [0.05, 0.1) is 5.56 Å². The molecule has 0 aromatic heterocycles. The lowest BCUT2D eigenvalue weighted by molar-refractivity contribution is 0.0784. The van der Waals surface area contributed by atoms with Crippen LogP contribution in [0.5, 0.6) is 0 Å². The summed E-state index contributed by atoms with van der Waals surface area (Å²) in [5, 5.41) is 0.698. The fourth-order valence-electron chi connectivity index (χ4n) is 1.95. The molecule has 0 aliphatic carbocycles. The van der Waals surface area contributed by atoms with Crippen LogP contribution in [0.25, 0.3) is 0 Å². The van der Waals surface area contributed by atoms with Gasteiger partial charge in [0.25, 0.3) is 5.91 Å². The van der Waals surface area contributed by atoms with Gasteiger partial charge in [-0.25, -0.2) is 0 Å². The third-order valence-electron chi connectivity index (χ3n) is 3.10. The minimum atomic E-state index is -0.00414. The van der Waals surface area contributed by atoms with Crippen LogP contribution in [0.2, 0.25) is 5.02 Å². The molecule has 0 aliphatic rings. The van der Waals surface area contributed by atoms with E-state index in [0.29, 0.717) is 17.1 Å². The molecule has 4 heteroatoms. The van der Waals surface area contributed by atoms with Crippen LogP contribution in [0.1, 0.15) is 21.5 Å². The maximum absolute atomic E-state index is 12.5. The van der Waals surface area contributed by atoms with Crippen LogP contribution < -0.4 is 0 Å². The average Bonchev–Trinajstić information content (AvgIpc) is 2.43. The van der Waals surface area contributed by atoms with E-state index in [0.717, 1.165) is 15.6 Å². The van der Waals surface area contributed by atoms with E-state index in [1.165, 1.54) is 0 Å². The van der Waals surface area contributed by atoms with Gasteiger partial charge in [0, 0.05) is 23.1 Å². The molecule has 0 saturated heterocycles. The van der Waals surface area contributed by atoms with Gasteiger partial charge >= 0.3 is 0 Å². The summed E-state index contributed by atoms with van der Waals surface area (Å²) in [6.45, 7) is 2.52. The van der Waals surface area contributed by atoms with Crippen molar-refractivity contribution < 1.29 is 4.79 Å². The van der Waals surface area contributed by atoms with Gasteiger partial charge < -0.3 is 4.90 Å². The highest BCUT2D eigenvalue weighted by molar-refractivity contribution is 9.10. The van der Waals surface area contributed by atoms with Crippen molar-refractivity contribution in [2.45, 2.75) is 13.5 Å². The van der Waals surface area contributed by atoms with E-state index >= 15 is 0 Å². The highest BCUT2D eigenvalue weighted by Crippen LogP contribution is 2.22. The van der Waals surface area contributed by atoms with Crippen molar-refractivity contribution in [3.8, 4) is 0 Å². The van der Waals surface area contributed by atoms with Gasteiger partial charge in [-0.1, -0.05) is 35.9 Å². The van der Waals surface area contributed by atoms with Crippen LogP contribution in [0.15, 0.2) is 46.9 Å². The van der Waals surface area contributed by atoms with Gasteiger partial charge in [-0.2, -0.15) is 0 Å². The Morgan fingerprint density at radius 3 is 2.50 bits per heavy atom. The molecule has 0 aliphatic heterocycles. The van der Waals surface area contributed by atoms with Gasteiger partial charge in [-0.3, -0.25) is 4.79 Å². The molecule has 2 aromatic rings. The van der Waals surface area contributed by atoms with E-state index in [4.69, 9.17) is 11.6 Å². The maximum atomic E-state index is 12.5. The highest BCUT2D eigenvalue weighted by atomic mass is 79.9. The second-order valence-electron chi connectivity index (χ2n) is 4.72. The quantitative estimate of drug-likeness (QED) is 0.785. The maximum Gasteiger partial charge on any atom is 0.255 e. The standard InChI is InChI=1S/C16H15BrClNO/c1-11-4-3-5-14(15(11)17)16(20)19(2)10-12-6-8-13(18)9-7-12/h3-9H,10H2,1-2H3. The Bertz CT molecular complexity index is 625. The van der Waals surface area contributed by atoms with E-state index < -0.39 is 0 Å². The van der Waals surface area contributed by atoms with Crippen LogP contribution in [0.3, 0.4) is 0 Å². The molecule has 0 spiro atoms. The molecular formula is C16H15BrClNO.